The van der Waals surface area contributed by atoms with Crippen LogP contribution in [0.3, 0.4) is 0 Å². The van der Waals surface area contributed by atoms with Gasteiger partial charge in [0.05, 0.1) is 12.1 Å². The van der Waals surface area contributed by atoms with E-state index >= 15 is 0 Å². The van der Waals surface area contributed by atoms with Gasteiger partial charge in [0.1, 0.15) is 0 Å². The van der Waals surface area contributed by atoms with Gasteiger partial charge in [0, 0.05) is 18.5 Å². The standard InChI is InChI=1S/C12H18N2O/c1-9-5-6-10(8-14-9)12(13-2)11-4-3-7-15-11/h5-6,8,11-13H,3-4,7H2,1-2H3. The molecule has 0 aliphatic carbocycles. The minimum absolute atomic E-state index is 0.278. The Balaban J connectivity index is 2.14. The topological polar surface area (TPSA) is 34.2 Å². The Hall–Kier alpha value is -0.930. The Labute approximate surface area is 90.9 Å². The molecular formula is C12H18N2O. The van der Waals surface area contributed by atoms with E-state index in [4.69, 9.17) is 4.74 Å². The van der Waals surface area contributed by atoms with Crippen LogP contribution in [0, 0.1) is 6.92 Å². The zero-order valence-electron chi connectivity index (χ0n) is 9.36. The minimum Gasteiger partial charge on any atom is -0.376 e. The largest absolute Gasteiger partial charge is 0.376 e. The number of hydrogen-bond donors (Lipinski definition) is 1. The van der Waals surface area contributed by atoms with Crippen molar-refractivity contribution in [3.63, 3.8) is 0 Å². The predicted octanol–water partition coefficient (Wildman–Crippen LogP) is 1.83. The van der Waals surface area contributed by atoms with Gasteiger partial charge in [-0.15, -0.1) is 0 Å². The quantitative estimate of drug-likeness (QED) is 0.819. The lowest BCUT2D eigenvalue weighted by Crippen LogP contribution is -2.29. The van der Waals surface area contributed by atoms with Crippen LogP contribution in [0.2, 0.25) is 0 Å². The van der Waals surface area contributed by atoms with Crippen molar-refractivity contribution in [2.24, 2.45) is 0 Å². The van der Waals surface area contributed by atoms with Crippen LogP contribution in [0.5, 0.6) is 0 Å². The summed E-state index contributed by atoms with van der Waals surface area (Å²) in [7, 11) is 1.98. The van der Waals surface area contributed by atoms with Gasteiger partial charge in [-0.2, -0.15) is 0 Å². The number of nitrogens with zero attached hydrogens (tertiary/aromatic N) is 1. The highest BCUT2D eigenvalue weighted by atomic mass is 16.5. The van der Waals surface area contributed by atoms with Gasteiger partial charge in [0.25, 0.3) is 0 Å². The monoisotopic (exact) mass is 206 g/mol. The van der Waals surface area contributed by atoms with E-state index in [0.29, 0.717) is 6.10 Å². The van der Waals surface area contributed by atoms with Crippen LogP contribution < -0.4 is 5.32 Å². The minimum atomic E-state index is 0.278. The Morgan fingerprint density at radius 3 is 2.93 bits per heavy atom. The summed E-state index contributed by atoms with van der Waals surface area (Å²) in [4.78, 5) is 4.32. The molecule has 2 heterocycles. The molecule has 1 saturated heterocycles. The van der Waals surface area contributed by atoms with Crippen molar-refractivity contribution in [3.05, 3.63) is 29.6 Å². The highest BCUT2D eigenvalue weighted by Gasteiger charge is 2.25. The highest BCUT2D eigenvalue weighted by molar-refractivity contribution is 5.18. The summed E-state index contributed by atoms with van der Waals surface area (Å²) < 4.78 is 5.70. The van der Waals surface area contributed by atoms with E-state index in [1.54, 1.807) is 0 Å². The number of hydrogen-bond acceptors (Lipinski definition) is 3. The molecule has 1 N–H and O–H groups in total. The Morgan fingerprint density at radius 2 is 2.40 bits per heavy atom. The molecule has 3 nitrogen and oxygen atoms in total. The van der Waals surface area contributed by atoms with Crippen molar-refractivity contribution in [2.45, 2.75) is 31.9 Å². The van der Waals surface area contributed by atoms with Crippen LogP contribution in [0.4, 0.5) is 0 Å². The average Bonchev–Trinajstić information content (AvgIpc) is 2.75. The fourth-order valence-corrected chi connectivity index (χ4v) is 2.10. The lowest BCUT2D eigenvalue weighted by molar-refractivity contribution is 0.0806. The zero-order valence-corrected chi connectivity index (χ0v) is 9.36. The summed E-state index contributed by atoms with van der Waals surface area (Å²) in [5, 5.41) is 3.31. The van der Waals surface area contributed by atoms with Crippen molar-refractivity contribution in [3.8, 4) is 0 Å². The molecule has 2 unspecified atom stereocenters. The molecule has 1 aromatic heterocycles. The third kappa shape index (κ3) is 2.36. The van der Waals surface area contributed by atoms with Gasteiger partial charge in [0.2, 0.25) is 0 Å². The molecule has 1 fully saturated rings. The number of likely N-dealkylation sites (N-methyl/N-ethyl adjacent to an activating group) is 1. The zero-order chi connectivity index (χ0) is 10.7. The summed E-state index contributed by atoms with van der Waals surface area (Å²) in [6.07, 6.45) is 4.55. The van der Waals surface area contributed by atoms with E-state index in [1.165, 1.54) is 12.0 Å². The Bertz CT molecular complexity index is 304. The number of aromatic nitrogens is 1. The number of pyridine rings is 1. The molecule has 0 bridgehead atoms. The molecular weight excluding hydrogens is 188 g/mol. The van der Waals surface area contributed by atoms with Gasteiger partial charge in [-0.05, 0) is 38.4 Å². The molecule has 0 spiro atoms. The van der Waals surface area contributed by atoms with Crippen molar-refractivity contribution in [1.29, 1.82) is 0 Å². The molecule has 0 amide bonds. The molecule has 3 heteroatoms. The van der Waals surface area contributed by atoms with Gasteiger partial charge in [-0.3, -0.25) is 4.98 Å². The molecule has 1 aliphatic rings. The van der Waals surface area contributed by atoms with Crippen LogP contribution in [-0.4, -0.2) is 24.7 Å². The maximum Gasteiger partial charge on any atom is 0.0771 e. The van der Waals surface area contributed by atoms with E-state index in [1.807, 2.05) is 20.2 Å². The molecule has 0 saturated carbocycles. The van der Waals surface area contributed by atoms with Crippen molar-refractivity contribution >= 4 is 0 Å². The molecule has 0 aromatic carbocycles. The maximum absolute atomic E-state index is 5.70. The number of rotatable bonds is 3. The molecule has 15 heavy (non-hydrogen) atoms. The molecule has 82 valence electrons. The third-order valence-electron chi connectivity index (χ3n) is 2.94. The first-order valence-corrected chi connectivity index (χ1v) is 5.52. The fourth-order valence-electron chi connectivity index (χ4n) is 2.10. The van der Waals surface area contributed by atoms with Gasteiger partial charge in [-0.25, -0.2) is 0 Å². The lowest BCUT2D eigenvalue weighted by atomic mass is 10.0. The Morgan fingerprint density at radius 1 is 1.53 bits per heavy atom. The van der Waals surface area contributed by atoms with Crippen molar-refractivity contribution in [2.75, 3.05) is 13.7 Å². The van der Waals surface area contributed by atoms with Gasteiger partial charge >= 0.3 is 0 Å². The molecule has 2 rings (SSSR count). The smallest absolute Gasteiger partial charge is 0.0771 e. The first-order chi connectivity index (χ1) is 7.31. The number of aryl methyl sites for hydroxylation is 1. The summed E-state index contributed by atoms with van der Waals surface area (Å²) in [6, 6.07) is 4.46. The van der Waals surface area contributed by atoms with Crippen LogP contribution >= 0.6 is 0 Å². The summed E-state index contributed by atoms with van der Waals surface area (Å²) >= 11 is 0. The van der Waals surface area contributed by atoms with Crippen molar-refractivity contribution < 1.29 is 4.74 Å². The second-order valence-corrected chi connectivity index (χ2v) is 4.05. The molecule has 0 radical (unpaired) electrons. The average molecular weight is 206 g/mol. The lowest BCUT2D eigenvalue weighted by Gasteiger charge is -2.22. The van der Waals surface area contributed by atoms with Gasteiger partial charge < -0.3 is 10.1 Å². The molecule has 1 aliphatic heterocycles. The second-order valence-electron chi connectivity index (χ2n) is 4.05. The Kier molecular flexibility index (Phi) is 3.34. The van der Waals surface area contributed by atoms with E-state index in [0.717, 1.165) is 18.7 Å². The predicted molar refractivity (Wildman–Crippen MR) is 59.7 cm³/mol. The van der Waals surface area contributed by atoms with E-state index in [9.17, 15) is 0 Å². The molecule has 2 atom stereocenters. The number of nitrogens with one attached hydrogen (secondary N) is 1. The van der Waals surface area contributed by atoms with Crippen LogP contribution in [0.15, 0.2) is 18.3 Å². The number of ether oxygens (including phenoxy) is 1. The third-order valence-corrected chi connectivity index (χ3v) is 2.94. The van der Waals surface area contributed by atoms with Gasteiger partial charge in [0.15, 0.2) is 0 Å². The first kappa shape index (κ1) is 10.6. The van der Waals surface area contributed by atoms with Crippen LogP contribution in [0.1, 0.15) is 30.1 Å². The van der Waals surface area contributed by atoms with Crippen LogP contribution in [0.25, 0.3) is 0 Å². The summed E-state index contributed by atoms with van der Waals surface area (Å²) in [5.41, 5.74) is 2.27. The SMILES string of the molecule is CNC(c1ccc(C)nc1)C1CCCO1. The second kappa shape index (κ2) is 4.73. The van der Waals surface area contributed by atoms with E-state index < -0.39 is 0 Å². The fraction of sp³-hybridized carbons (Fsp3) is 0.583. The maximum atomic E-state index is 5.70. The molecule has 1 aromatic rings. The van der Waals surface area contributed by atoms with Crippen molar-refractivity contribution in [1.82, 2.24) is 10.3 Å². The van der Waals surface area contributed by atoms with Crippen LogP contribution in [-0.2, 0) is 4.74 Å². The summed E-state index contributed by atoms with van der Waals surface area (Å²) in [6.45, 7) is 2.90. The van der Waals surface area contributed by atoms with Gasteiger partial charge in [-0.1, -0.05) is 6.07 Å². The first-order valence-electron chi connectivity index (χ1n) is 5.52. The highest BCUT2D eigenvalue weighted by Crippen LogP contribution is 2.26. The van der Waals surface area contributed by atoms with E-state index in [-0.39, 0.29) is 6.04 Å². The normalized spacial score (nSPS) is 22.9. The summed E-state index contributed by atoms with van der Waals surface area (Å²) in [5.74, 6) is 0. The van der Waals surface area contributed by atoms with E-state index in [2.05, 4.69) is 22.4 Å².